The summed E-state index contributed by atoms with van der Waals surface area (Å²) in [5, 5.41) is 17.0. The molecule has 2 aromatic rings. The second kappa shape index (κ2) is 4.27. The SMILES string of the molecule is COC1CC(n2nnc3ccc(F)c(C(=O)O)c32)C1. The number of benzene rings is 1. The van der Waals surface area contributed by atoms with Crippen LogP contribution in [0.5, 0.6) is 0 Å². The van der Waals surface area contributed by atoms with Gasteiger partial charge in [0, 0.05) is 7.11 Å². The maximum Gasteiger partial charge on any atom is 0.340 e. The zero-order chi connectivity index (χ0) is 13.6. The molecule has 100 valence electrons. The Morgan fingerprint density at radius 2 is 2.26 bits per heavy atom. The van der Waals surface area contributed by atoms with Crippen LogP contribution in [0.25, 0.3) is 11.0 Å². The maximum atomic E-state index is 13.7. The molecule has 0 unspecified atom stereocenters. The first kappa shape index (κ1) is 12.0. The largest absolute Gasteiger partial charge is 0.478 e. The van der Waals surface area contributed by atoms with E-state index in [-0.39, 0.29) is 23.2 Å². The van der Waals surface area contributed by atoms with Gasteiger partial charge in [0.05, 0.1) is 12.1 Å². The van der Waals surface area contributed by atoms with E-state index in [0.717, 1.165) is 18.9 Å². The lowest BCUT2D eigenvalue weighted by Gasteiger charge is -2.34. The monoisotopic (exact) mass is 265 g/mol. The number of hydrogen-bond donors (Lipinski definition) is 1. The molecule has 0 radical (unpaired) electrons. The summed E-state index contributed by atoms with van der Waals surface area (Å²) in [6, 6.07) is 2.55. The lowest BCUT2D eigenvalue weighted by molar-refractivity contribution is 0.00327. The average Bonchev–Trinajstić information content (AvgIpc) is 2.71. The Labute approximate surface area is 107 Å². The zero-order valence-electron chi connectivity index (χ0n) is 10.2. The topological polar surface area (TPSA) is 77.2 Å². The molecular weight excluding hydrogens is 253 g/mol. The van der Waals surface area contributed by atoms with E-state index in [1.165, 1.54) is 10.7 Å². The van der Waals surface area contributed by atoms with Crippen molar-refractivity contribution in [3.05, 3.63) is 23.5 Å². The van der Waals surface area contributed by atoms with E-state index in [4.69, 9.17) is 9.84 Å². The Kier molecular flexibility index (Phi) is 2.70. The quantitative estimate of drug-likeness (QED) is 0.912. The highest BCUT2D eigenvalue weighted by Gasteiger charge is 2.33. The second-order valence-electron chi connectivity index (χ2n) is 4.61. The summed E-state index contributed by atoms with van der Waals surface area (Å²) < 4.78 is 20.4. The number of carboxylic acid groups (broad SMARTS) is 1. The number of carboxylic acids is 1. The van der Waals surface area contributed by atoms with Crippen molar-refractivity contribution in [2.45, 2.75) is 25.0 Å². The predicted octanol–water partition coefficient (Wildman–Crippen LogP) is 1.62. The van der Waals surface area contributed by atoms with E-state index in [1.807, 2.05) is 0 Å². The minimum Gasteiger partial charge on any atom is -0.478 e. The van der Waals surface area contributed by atoms with E-state index in [2.05, 4.69) is 10.3 Å². The smallest absolute Gasteiger partial charge is 0.340 e. The maximum absolute atomic E-state index is 13.7. The van der Waals surface area contributed by atoms with Crippen LogP contribution in [0.15, 0.2) is 12.1 Å². The normalized spacial score (nSPS) is 22.4. The van der Waals surface area contributed by atoms with Crippen molar-refractivity contribution in [1.82, 2.24) is 15.0 Å². The molecule has 1 aliphatic rings. The summed E-state index contributed by atoms with van der Waals surface area (Å²) in [6.07, 6.45) is 1.60. The molecule has 0 amide bonds. The molecule has 1 N–H and O–H groups in total. The highest BCUT2D eigenvalue weighted by molar-refractivity contribution is 6.01. The number of fused-ring (bicyclic) bond motifs is 1. The van der Waals surface area contributed by atoms with Crippen molar-refractivity contribution < 1.29 is 19.0 Å². The van der Waals surface area contributed by atoms with Gasteiger partial charge in [-0.2, -0.15) is 0 Å². The van der Waals surface area contributed by atoms with Gasteiger partial charge in [0.1, 0.15) is 22.4 Å². The van der Waals surface area contributed by atoms with Gasteiger partial charge in [0.2, 0.25) is 0 Å². The van der Waals surface area contributed by atoms with E-state index >= 15 is 0 Å². The molecule has 1 aromatic carbocycles. The third kappa shape index (κ3) is 1.77. The number of ether oxygens (including phenoxy) is 1. The Balaban J connectivity index is 2.11. The van der Waals surface area contributed by atoms with Gasteiger partial charge in [-0.3, -0.25) is 0 Å². The van der Waals surface area contributed by atoms with Gasteiger partial charge in [0.25, 0.3) is 0 Å². The summed E-state index contributed by atoms with van der Waals surface area (Å²) in [7, 11) is 1.63. The van der Waals surface area contributed by atoms with Crippen molar-refractivity contribution >= 4 is 17.0 Å². The molecule has 1 saturated carbocycles. The highest BCUT2D eigenvalue weighted by Crippen LogP contribution is 2.36. The van der Waals surface area contributed by atoms with Gasteiger partial charge in [-0.1, -0.05) is 5.21 Å². The van der Waals surface area contributed by atoms with E-state index in [1.54, 1.807) is 7.11 Å². The highest BCUT2D eigenvalue weighted by atomic mass is 19.1. The van der Waals surface area contributed by atoms with E-state index in [0.29, 0.717) is 5.52 Å². The third-order valence-corrected chi connectivity index (χ3v) is 3.55. The number of rotatable bonds is 3. The van der Waals surface area contributed by atoms with Gasteiger partial charge in [0.15, 0.2) is 0 Å². The van der Waals surface area contributed by atoms with Gasteiger partial charge in [-0.15, -0.1) is 5.10 Å². The number of carbonyl (C=O) groups is 1. The molecule has 0 atom stereocenters. The summed E-state index contributed by atoms with van der Waals surface area (Å²) in [5.74, 6) is -2.08. The van der Waals surface area contributed by atoms with Crippen LogP contribution in [0, 0.1) is 5.82 Å². The number of methoxy groups -OCH3 is 1. The van der Waals surface area contributed by atoms with Crippen molar-refractivity contribution in [3.63, 3.8) is 0 Å². The lowest BCUT2D eigenvalue weighted by atomic mass is 9.89. The Hall–Kier alpha value is -2.02. The molecule has 1 heterocycles. The molecule has 0 saturated heterocycles. The Morgan fingerprint density at radius 1 is 1.53 bits per heavy atom. The van der Waals surface area contributed by atoms with Crippen LogP contribution >= 0.6 is 0 Å². The van der Waals surface area contributed by atoms with Crippen LogP contribution in [0.1, 0.15) is 29.2 Å². The van der Waals surface area contributed by atoms with Gasteiger partial charge < -0.3 is 9.84 Å². The van der Waals surface area contributed by atoms with Crippen molar-refractivity contribution in [1.29, 1.82) is 0 Å². The van der Waals surface area contributed by atoms with Crippen LogP contribution in [0.4, 0.5) is 4.39 Å². The van der Waals surface area contributed by atoms with E-state index < -0.39 is 11.8 Å². The van der Waals surface area contributed by atoms with Crippen LogP contribution in [0.3, 0.4) is 0 Å². The second-order valence-corrected chi connectivity index (χ2v) is 4.61. The summed E-state index contributed by atoms with van der Waals surface area (Å²) in [4.78, 5) is 11.2. The standard InChI is InChI=1S/C12H12FN3O3/c1-19-7-4-6(5-7)16-11-9(14-15-16)3-2-8(13)10(11)12(17)18/h2-3,6-7H,4-5H2,1H3,(H,17,18). The molecule has 7 heteroatoms. The lowest BCUT2D eigenvalue weighted by Crippen LogP contribution is -2.33. The molecule has 6 nitrogen and oxygen atoms in total. The number of nitrogens with zero attached hydrogens (tertiary/aromatic N) is 3. The van der Waals surface area contributed by atoms with Crippen molar-refractivity contribution in [2.75, 3.05) is 7.11 Å². The summed E-state index contributed by atoms with van der Waals surface area (Å²) in [5.41, 5.74) is 0.259. The first-order valence-corrected chi connectivity index (χ1v) is 5.91. The minimum absolute atomic E-state index is 0.00912. The number of halogens is 1. The molecule has 1 fully saturated rings. The van der Waals surface area contributed by atoms with Crippen molar-refractivity contribution in [2.24, 2.45) is 0 Å². The average molecular weight is 265 g/mol. The summed E-state index contributed by atoms with van der Waals surface area (Å²) >= 11 is 0. The van der Waals surface area contributed by atoms with Crippen LogP contribution in [0.2, 0.25) is 0 Å². The molecular formula is C12H12FN3O3. The van der Waals surface area contributed by atoms with E-state index in [9.17, 15) is 9.18 Å². The number of aromatic carboxylic acids is 1. The fraction of sp³-hybridized carbons (Fsp3) is 0.417. The van der Waals surface area contributed by atoms with Crippen molar-refractivity contribution in [3.8, 4) is 0 Å². The molecule has 3 rings (SSSR count). The Bertz CT molecular complexity index is 649. The van der Waals surface area contributed by atoms with Gasteiger partial charge in [-0.25, -0.2) is 13.9 Å². The van der Waals surface area contributed by atoms with Crippen LogP contribution in [-0.2, 0) is 4.74 Å². The van der Waals surface area contributed by atoms with Gasteiger partial charge >= 0.3 is 5.97 Å². The third-order valence-electron chi connectivity index (χ3n) is 3.55. The van der Waals surface area contributed by atoms with Crippen LogP contribution < -0.4 is 0 Å². The minimum atomic E-state index is -1.31. The van der Waals surface area contributed by atoms with Crippen LogP contribution in [-0.4, -0.2) is 39.3 Å². The Morgan fingerprint density at radius 3 is 2.89 bits per heavy atom. The van der Waals surface area contributed by atoms with Gasteiger partial charge in [-0.05, 0) is 25.0 Å². The molecule has 0 spiro atoms. The summed E-state index contributed by atoms with van der Waals surface area (Å²) in [6.45, 7) is 0. The fourth-order valence-corrected chi connectivity index (χ4v) is 2.40. The predicted molar refractivity (Wildman–Crippen MR) is 63.5 cm³/mol. The fourth-order valence-electron chi connectivity index (χ4n) is 2.40. The molecule has 0 aliphatic heterocycles. The molecule has 19 heavy (non-hydrogen) atoms. The first-order valence-electron chi connectivity index (χ1n) is 5.91. The molecule has 1 aromatic heterocycles. The number of aromatic nitrogens is 3. The number of hydrogen-bond acceptors (Lipinski definition) is 4. The molecule has 0 bridgehead atoms. The molecule has 1 aliphatic carbocycles. The first-order chi connectivity index (χ1) is 9.11. The zero-order valence-corrected chi connectivity index (χ0v) is 10.2.